The van der Waals surface area contributed by atoms with Crippen molar-refractivity contribution in [3.63, 3.8) is 0 Å². The molecule has 498 valence electrons. The molecule has 0 aliphatic rings. The molecule has 0 aliphatic heterocycles. The predicted octanol–water partition coefficient (Wildman–Crippen LogP) is 18.1. The first-order valence-corrected chi connectivity index (χ1v) is 23.2. The predicted molar refractivity (Wildman–Crippen MR) is 187 cm³/mol. The normalized spacial score (nSPS) is 16.4. The zero-order chi connectivity index (χ0) is 67.3. The zero-order valence-corrected chi connectivity index (χ0v) is 41.6. The van der Waals surface area contributed by atoms with Gasteiger partial charge < -0.3 is 0 Å². The molecule has 0 saturated carbocycles. The van der Waals surface area contributed by atoms with Crippen molar-refractivity contribution in [3.05, 3.63) is 0 Å². The first-order valence-electron chi connectivity index (χ1n) is 19.1. The highest BCUT2D eigenvalue weighted by molar-refractivity contribution is 7.62. The molecule has 0 aromatic heterocycles. The largest absolute Gasteiger partial charge is 0.697 e. The van der Waals surface area contributed by atoms with Crippen LogP contribution in [0.4, 0.5) is 171 Å². The lowest BCUT2D eigenvalue weighted by Gasteiger charge is -2.45. The molecular formula is C30H31F39O10P3+. The lowest BCUT2D eigenvalue weighted by atomic mass is 9.72. The highest BCUT2D eigenvalue weighted by Crippen LogP contribution is 2.69. The maximum Gasteiger partial charge on any atom is 0.697 e. The Bertz CT molecular complexity index is 1930. The van der Waals surface area contributed by atoms with Gasteiger partial charge in [0.15, 0.2) is 13.3 Å². The van der Waals surface area contributed by atoms with Crippen LogP contribution in [0.15, 0.2) is 0 Å². The van der Waals surface area contributed by atoms with E-state index in [9.17, 15) is 185 Å². The summed E-state index contributed by atoms with van der Waals surface area (Å²) in [6.45, 7) is -9.82. The van der Waals surface area contributed by atoms with Crippen molar-refractivity contribution >= 4 is 23.9 Å². The molecule has 0 N–H and O–H groups in total. The van der Waals surface area contributed by atoms with Crippen molar-refractivity contribution in [2.24, 2.45) is 5.41 Å². The number of halogens is 39. The van der Waals surface area contributed by atoms with Crippen molar-refractivity contribution in [1.29, 1.82) is 0 Å². The molecule has 0 aromatic carbocycles. The molecule has 3 unspecified atom stereocenters. The zero-order valence-electron chi connectivity index (χ0n) is 38.9. The molecule has 0 amide bonds. The first kappa shape index (κ1) is 86.0. The number of phosphoric ester groups is 2. The summed E-state index contributed by atoms with van der Waals surface area (Å²) in [6.07, 6.45) is -72.1. The summed E-state index contributed by atoms with van der Waals surface area (Å²) >= 11 is 0. The van der Waals surface area contributed by atoms with E-state index in [4.69, 9.17) is 0 Å². The summed E-state index contributed by atoms with van der Waals surface area (Å²) in [5, 5.41) is 0. The third-order valence-electron chi connectivity index (χ3n) is 8.74. The van der Waals surface area contributed by atoms with Gasteiger partial charge in [-0.15, -0.1) is 9.05 Å². The fraction of sp³-hybridized carbons (Fsp3) is 1.00. The van der Waals surface area contributed by atoms with E-state index in [1.54, 1.807) is 0 Å². The second-order valence-electron chi connectivity index (χ2n) is 14.4. The second-order valence-corrected chi connectivity index (χ2v) is 19.1. The lowest BCUT2D eigenvalue weighted by molar-refractivity contribution is -0.461. The van der Waals surface area contributed by atoms with Crippen LogP contribution in [0.5, 0.6) is 0 Å². The van der Waals surface area contributed by atoms with Crippen LogP contribution >= 0.6 is 23.9 Å². The molecule has 0 aliphatic carbocycles. The molecular weight excluding hydrogens is 1350 g/mol. The molecule has 0 heterocycles. The molecule has 0 aromatic rings. The third-order valence-corrected chi connectivity index (χ3v) is 12.9. The van der Waals surface area contributed by atoms with Crippen molar-refractivity contribution in [1.82, 2.24) is 0 Å². The molecule has 0 bridgehead atoms. The Morgan fingerprint density at radius 2 is 0.622 bits per heavy atom. The van der Waals surface area contributed by atoms with Gasteiger partial charge in [-0.25, -0.2) is 26.7 Å². The molecule has 0 saturated heterocycles. The minimum atomic E-state index is -7.99. The molecule has 0 spiro atoms. The summed E-state index contributed by atoms with van der Waals surface area (Å²) in [5.74, 6) is -26.3. The van der Waals surface area contributed by atoms with E-state index in [-0.39, 0.29) is 14.2 Å². The van der Waals surface area contributed by atoms with Gasteiger partial charge in [-0.1, -0.05) is 0 Å². The average molecular weight is 1390 g/mol. The Hall–Kier alpha value is -2.45. The van der Waals surface area contributed by atoms with Gasteiger partial charge in [0.1, 0.15) is 6.61 Å². The number of phosphoric acid groups is 2. The van der Waals surface area contributed by atoms with E-state index in [1.807, 2.05) is 0 Å². The monoisotopic (exact) mass is 1390 g/mol. The molecule has 52 heteroatoms. The first-order chi connectivity index (χ1) is 35.6. The third kappa shape index (κ3) is 22.4. The van der Waals surface area contributed by atoms with Crippen LogP contribution < -0.4 is 0 Å². The van der Waals surface area contributed by atoms with Gasteiger partial charge in [0, 0.05) is 31.6 Å². The van der Waals surface area contributed by atoms with Crippen LogP contribution in [-0.2, 0) is 45.1 Å². The summed E-state index contributed by atoms with van der Waals surface area (Å²) in [7, 11) is -12.5. The molecule has 0 rings (SSSR count). The van der Waals surface area contributed by atoms with Gasteiger partial charge in [-0.3, -0.25) is 18.1 Å². The SMILES string of the molecule is COP(=O)(OCCCC(F)(C(F)(F)F)C(F)(F)F)OP(=O)(OC)OCCCC(C(F)(F)F)(C(F)(F)F)C(F)(F)C(F)(F)C(F)(F)F.CO[P+](=O)OCCCC(F)(C(F)(F)F)C(F)(F)F.FCC(F)(F)C(F)(F)F.FCC(F)(F)C(F)(F)F. The Kier molecular flexibility index (Phi) is 30.9. The maximum atomic E-state index is 14.1. The fourth-order valence-corrected chi connectivity index (χ4v) is 7.49. The van der Waals surface area contributed by atoms with Gasteiger partial charge in [0.2, 0.25) is 5.41 Å². The minimum Gasteiger partial charge on any atom is -0.290 e. The van der Waals surface area contributed by atoms with E-state index < -0.39 is 192 Å². The number of hydrogen-bond donors (Lipinski definition) is 0. The smallest absolute Gasteiger partial charge is 0.290 e. The van der Waals surface area contributed by atoms with Crippen LogP contribution in [0.2, 0.25) is 0 Å². The maximum absolute atomic E-state index is 14.1. The summed E-state index contributed by atoms with van der Waals surface area (Å²) in [4.78, 5) is 0. The van der Waals surface area contributed by atoms with Crippen molar-refractivity contribution in [3.8, 4) is 0 Å². The Balaban J connectivity index is -0.000000677. The minimum absolute atomic E-state index is 0.221. The van der Waals surface area contributed by atoms with Crippen molar-refractivity contribution in [2.75, 3.05) is 54.5 Å². The molecule has 0 fully saturated rings. The van der Waals surface area contributed by atoms with E-state index in [0.29, 0.717) is 0 Å². The van der Waals surface area contributed by atoms with Crippen LogP contribution in [-0.4, -0.2) is 145 Å². The van der Waals surface area contributed by atoms with E-state index in [2.05, 4.69) is 31.5 Å². The topological polar surface area (TPSA) is 116 Å². The number of rotatable bonds is 24. The molecule has 3 atom stereocenters. The molecule has 0 radical (unpaired) electrons. The second kappa shape index (κ2) is 29.5. The number of alkyl halides is 39. The molecule has 10 nitrogen and oxygen atoms in total. The quantitative estimate of drug-likeness (QED) is 0.0525. The van der Waals surface area contributed by atoms with Crippen molar-refractivity contribution in [2.45, 2.75) is 129 Å². The highest BCUT2D eigenvalue weighted by Gasteiger charge is 2.91. The highest BCUT2D eigenvalue weighted by atomic mass is 31.3. The van der Waals surface area contributed by atoms with Gasteiger partial charge in [0.25, 0.3) is 11.3 Å². The van der Waals surface area contributed by atoms with Crippen LogP contribution in [0.25, 0.3) is 0 Å². The van der Waals surface area contributed by atoms with E-state index in [1.165, 1.54) is 0 Å². The fourth-order valence-electron chi connectivity index (χ4n) is 4.30. The summed E-state index contributed by atoms with van der Waals surface area (Å²) < 4.78 is 542. The van der Waals surface area contributed by atoms with Gasteiger partial charge in [-0.05, 0) is 25.7 Å². The van der Waals surface area contributed by atoms with Gasteiger partial charge in [-0.2, -0.15) is 158 Å². The summed E-state index contributed by atoms with van der Waals surface area (Å²) in [5.41, 5.74) is -18.3. The standard InChI is InChI=1S/C17H18F20O7P2.C7H9F7O3P.2C3H2F6/c1-40-45(38,44-46(39,41-2)43-8-4-6-10(18,15(29,30)31)16(32,33)34)42-7-3-5-9(13(23,24)25,14(26,27)28)11(19,20)12(21,22)17(35,36)37;1-16-18(15)17-4-2-3-5(8,6(9,10)11)7(12,13)14;2*4-1-2(5,6)3(7,8)9/h3-8H2,1-2H3;2-4H2,1H3;2*1H2/q;+1;;. The van der Waals surface area contributed by atoms with Crippen molar-refractivity contribution < 1.29 is 216 Å². The van der Waals surface area contributed by atoms with E-state index in [0.717, 1.165) is 7.11 Å². The van der Waals surface area contributed by atoms with E-state index >= 15 is 0 Å². The average Bonchev–Trinajstić information content (AvgIpc) is 3.25. The van der Waals surface area contributed by atoms with Gasteiger partial charge >= 0.3 is 103 Å². The lowest BCUT2D eigenvalue weighted by Crippen LogP contribution is -2.70. The Morgan fingerprint density at radius 1 is 0.354 bits per heavy atom. The van der Waals surface area contributed by atoms with Crippen LogP contribution in [0.1, 0.15) is 38.5 Å². The Morgan fingerprint density at radius 3 is 0.817 bits per heavy atom. The van der Waals surface area contributed by atoms with Gasteiger partial charge in [0.05, 0.1) is 20.3 Å². The van der Waals surface area contributed by atoms with Crippen LogP contribution in [0, 0.1) is 5.41 Å². The Labute approximate surface area is 430 Å². The van der Waals surface area contributed by atoms with Crippen LogP contribution in [0.3, 0.4) is 0 Å². The summed E-state index contributed by atoms with van der Waals surface area (Å²) in [6, 6.07) is 0. The number of hydrogen-bond acceptors (Lipinski definition) is 10. The molecule has 82 heavy (non-hydrogen) atoms.